The zero-order valence-corrected chi connectivity index (χ0v) is 10.3. The van der Waals surface area contributed by atoms with Crippen LogP contribution in [0, 0.1) is 5.92 Å². The van der Waals surface area contributed by atoms with Crippen LogP contribution in [0.2, 0.25) is 0 Å². The van der Waals surface area contributed by atoms with Gasteiger partial charge in [0.2, 0.25) is 0 Å². The van der Waals surface area contributed by atoms with E-state index >= 15 is 0 Å². The second kappa shape index (κ2) is 4.97. The highest BCUT2D eigenvalue weighted by Gasteiger charge is 2.27. The monoisotopic (exact) mass is 222 g/mol. The van der Waals surface area contributed by atoms with Crippen molar-refractivity contribution in [2.45, 2.75) is 32.4 Å². The molecule has 0 bridgehead atoms. The van der Waals surface area contributed by atoms with Gasteiger partial charge in [0, 0.05) is 25.8 Å². The van der Waals surface area contributed by atoms with Gasteiger partial charge < -0.3 is 10.3 Å². The molecule has 1 fully saturated rings. The van der Waals surface area contributed by atoms with Crippen molar-refractivity contribution in [3.05, 3.63) is 18.2 Å². The Balaban J connectivity index is 2.07. The molecule has 0 aliphatic heterocycles. The first-order valence-electron chi connectivity index (χ1n) is 6.16. The van der Waals surface area contributed by atoms with E-state index in [0.717, 1.165) is 19.0 Å². The minimum absolute atomic E-state index is 0.308. The van der Waals surface area contributed by atoms with Gasteiger partial charge in [-0.3, -0.25) is 4.90 Å². The van der Waals surface area contributed by atoms with Gasteiger partial charge in [0.05, 0.1) is 18.1 Å². The first-order valence-corrected chi connectivity index (χ1v) is 6.16. The molecule has 90 valence electrons. The Morgan fingerprint density at radius 2 is 2.38 bits per heavy atom. The maximum absolute atomic E-state index is 5.90. The van der Waals surface area contributed by atoms with E-state index in [1.165, 1.54) is 18.5 Å². The number of aromatic nitrogens is 2. The minimum atomic E-state index is 0.308. The van der Waals surface area contributed by atoms with Crippen LogP contribution >= 0.6 is 0 Å². The number of imidazole rings is 1. The smallest absolute Gasteiger partial charge is 0.0948 e. The van der Waals surface area contributed by atoms with Gasteiger partial charge in [0.25, 0.3) is 0 Å². The van der Waals surface area contributed by atoms with E-state index in [1.807, 2.05) is 12.5 Å². The molecule has 2 rings (SSSR count). The lowest BCUT2D eigenvalue weighted by Gasteiger charge is -2.27. The Bertz CT molecular complexity index is 330. The first kappa shape index (κ1) is 11.6. The molecular formula is C12H22N4. The largest absolute Gasteiger partial charge is 0.333 e. The van der Waals surface area contributed by atoms with E-state index in [0.29, 0.717) is 12.6 Å². The topological polar surface area (TPSA) is 47.1 Å². The van der Waals surface area contributed by atoms with E-state index in [1.54, 1.807) is 0 Å². The molecule has 0 spiro atoms. The molecular weight excluding hydrogens is 200 g/mol. The van der Waals surface area contributed by atoms with Crippen molar-refractivity contribution in [2.75, 3.05) is 20.1 Å². The van der Waals surface area contributed by atoms with Crippen molar-refractivity contribution in [1.82, 2.24) is 14.5 Å². The summed E-state index contributed by atoms with van der Waals surface area (Å²) >= 11 is 0. The Morgan fingerprint density at radius 1 is 1.62 bits per heavy atom. The predicted molar refractivity (Wildman–Crippen MR) is 65.1 cm³/mol. The number of nitrogens with zero attached hydrogens (tertiary/aromatic N) is 3. The Hall–Kier alpha value is -0.870. The van der Waals surface area contributed by atoms with Gasteiger partial charge in [-0.1, -0.05) is 0 Å². The average molecular weight is 222 g/mol. The van der Waals surface area contributed by atoms with Crippen LogP contribution in [0.4, 0.5) is 0 Å². The van der Waals surface area contributed by atoms with Crippen LogP contribution in [0.3, 0.4) is 0 Å². The quantitative estimate of drug-likeness (QED) is 0.788. The second-order valence-electron chi connectivity index (χ2n) is 4.74. The van der Waals surface area contributed by atoms with Crippen molar-refractivity contribution >= 4 is 0 Å². The summed E-state index contributed by atoms with van der Waals surface area (Å²) < 4.78 is 2.18. The molecule has 16 heavy (non-hydrogen) atoms. The molecule has 4 nitrogen and oxygen atoms in total. The second-order valence-corrected chi connectivity index (χ2v) is 4.74. The van der Waals surface area contributed by atoms with Crippen LogP contribution in [0.25, 0.3) is 0 Å². The summed E-state index contributed by atoms with van der Waals surface area (Å²) in [5.41, 5.74) is 7.15. The molecule has 1 aromatic heterocycles. The Kier molecular flexibility index (Phi) is 3.61. The molecule has 1 atom stereocenters. The highest BCUT2D eigenvalue weighted by molar-refractivity contribution is 5.06. The van der Waals surface area contributed by atoms with Crippen molar-refractivity contribution in [3.8, 4) is 0 Å². The Morgan fingerprint density at radius 3 is 2.94 bits per heavy atom. The molecule has 1 aliphatic carbocycles. The van der Waals surface area contributed by atoms with Crippen LogP contribution < -0.4 is 5.73 Å². The van der Waals surface area contributed by atoms with Gasteiger partial charge in [-0.25, -0.2) is 4.98 Å². The number of hydrogen-bond donors (Lipinski definition) is 1. The standard InChI is InChI=1S/C12H22N4/c1-3-16-9-14-7-12(16)11(6-13)15(2)8-10-4-5-10/h7,9-11H,3-6,8,13H2,1-2H3. The summed E-state index contributed by atoms with van der Waals surface area (Å²) in [6.07, 6.45) is 6.61. The van der Waals surface area contributed by atoms with Crippen molar-refractivity contribution in [1.29, 1.82) is 0 Å². The molecule has 1 aliphatic rings. The van der Waals surface area contributed by atoms with Crippen molar-refractivity contribution < 1.29 is 0 Å². The number of nitrogens with two attached hydrogens (primary N) is 1. The van der Waals surface area contributed by atoms with Crippen LogP contribution in [0.15, 0.2) is 12.5 Å². The molecule has 1 aromatic rings. The van der Waals surface area contributed by atoms with Gasteiger partial charge in [0.15, 0.2) is 0 Å². The summed E-state index contributed by atoms with van der Waals surface area (Å²) in [4.78, 5) is 6.60. The molecule has 0 amide bonds. The predicted octanol–water partition coefficient (Wildman–Crippen LogP) is 1.24. The third-order valence-corrected chi connectivity index (χ3v) is 3.43. The molecule has 0 aromatic carbocycles. The lowest BCUT2D eigenvalue weighted by molar-refractivity contribution is 0.231. The summed E-state index contributed by atoms with van der Waals surface area (Å²) in [6, 6.07) is 0.308. The highest BCUT2D eigenvalue weighted by atomic mass is 15.2. The third kappa shape index (κ3) is 2.44. The summed E-state index contributed by atoms with van der Waals surface area (Å²) in [5, 5.41) is 0. The average Bonchev–Trinajstić information content (AvgIpc) is 2.96. The molecule has 1 heterocycles. The Labute approximate surface area is 97.4 Å². The third-order valence-electron chi connectivity index (χ3n) is 3.43. The van der Waals surface area contributed by atoms with Gasteiger partial charge >= 0.3 is 0 Å². The van der Waals surface area contributed by atoms with Crippen LogP contribution in [0.5, 0.6) is 0 Å². The fourth-order valence-corrected chi connectivity index (χ4v) is 2.23. The van der Waals surface area contributed by atoms with Crippen LogP contribution in [-0.4, -0.2) is 34.6 Å². The van der Waals surface area contributed by atoms with E-state index < -0.39 is 0 Å². The minimum Gasteiger partial charge on any atom is -0.333 e. The molecule has 4 heteroatoms. The van der Waals surface area contributed by atoms with Gasteiger partial charge in [0.1, 0.15) is 0 Å². The SMILES string of the molecule is CCn1cncc1C(CN)N(C)CC1CC1. The fourth-order valence-electron chi connectivity index (χ4n) is 2.23. The number of hydrogen-bond acceptors (Lipinski definition) is 3. The molecule has 0 radical (unpaired) electrons. The maximum Gasteiger partial charge on any atom is 0.0948 e. The lowest BCUT2D eigenvalue weighted by atomic mass is 10.2. The normalized spacial score (nSPS) is 18.0. The number of aryl methyl sites for hydroxylation is 1. The molecule has 1 unspecified atom stereocenters. The van der Waals surface area contributed by atoms with Crippen molar-refractivity contribution in [3.63, 3.8) is 0 Å². The molecule has 1 saturated carbocycles. The van der Waals surface area contributed by atoms with Crippen LogP contribution in [0.1, 0.15) is 31.5 Å². The van der Waals surface area contributed by atoms with E-state index in [-0.39, 0.29) is 0 Å². The fraction of sp³-hybridized carbons (Fsp3) is 0.750. The highest BCUT2D eigenvalue weighted by Crippen LogP contribution is 2.31. The van der Waals surface area contributed by atoms with E-state index in [4.69, 9.17) is 5.73 Å². The van der Waals surface area contributed by atoms with Gasteiger partial charge in [-0.05, 0) is 32.7 Å². The summed E-state index contributed by atoms with van der Waals surface area (Å²) in [5.74, 6) is 0.900. The summed E-state index contributed by atoms with van der Waals surface area (Å²) in [7, 11) is 2.17. The number of likely N-dealkylation sites (N-methyl/N-ethyl adjacent to an activating group) is 1. The van der Waals surface area contributed by atoms with Gasteiger partial charge in [-0.15, -0.1) is 0 Å². The van der Waals surface area contributed by atoms with E-state index in [2.05, 4.69) is 28.4 Å². The van der Waals surface area contributed by atoms with Crippen LogP contribution in [-0.2, 0) is 6.54 Å². The number of rotatable bonds is 6. The van der Waals surface area contributed by atoms with Crippen molar-refractivity contribution in [2.24, 2.45) is 11.7 Å². The van der Waals surface area contributed by atoms with E-state index in [9.17, 15) is 0 Å². The zero-order valence-electron chi connectivity index (χ0n) is 10.3. The molecule has 2 N–H and O–H groups in total. The maximum atomic E-state index is 5.90. The van der Waals surface area contributed by atoms with Gasteiger partial charge in [-0.2, -0.15) is 0 Å². The zero-order chi connectivity index (χ0) is 11.5. The molecule has 0 saturated heterocycles. The first-order chi connectivity index (χ1) is 7.76. The lowest BCUT2D eigenvalue weighted by Crippen LogP contribution is -2.33. The summed E-state index contributed by atoms with van der Waals surface area (Å²) in [6.45, 7) is 4.93.